The van der Waals surface area contributed by atoms with Gasteiger partial charge >= 0.3 is 0 Å². The SMILES string of the molecule is CCOc1cc(-c2ccc(N3CCN(C(=O)CC(C)C)CC3)nc2)c2c(C#N)cnn2c1. The van der Waals surface area contributed by atoms with Crippen LogP contribution in [-0.2, 0) is 4.79 Å². The minimum absolute atomic E-state index is 0.232. The first-order valence-corrected chi connectivity index (χ1v) is 11.0. The summed E-state index contributed by atoms with van der Waals surface area (Å²) in [5, 5.41) is 13.8. The third-order valence-electron chi connectivity index (χ3n) is 5.62. The molecular formula is C24H28N6O2. The summed E-state index contributed by atoms with van der Waals surface area (Å²) < 4.78 is 7.37. The maximum absolute atomic E-state index is 12.3. The van der Waals surface area contributed by atoms with Crippen molar-refractivity contribution < 1.29 is 9.53 Å². The topological polar surface area (TPSA) is 86.8 Å². The van der Waals surface area contributed by atoms with E-state index >= 15 is 0 Å². The second kappa shape index (κ2) is 9.27. The zero-order valence-electron chi connectivity index (χ0n) is 18.8. The summed E-state index contributed by atoms with van der Waals surface area (Å²) in [7, 11) is 0. The van der Waals surface area contributed by atoms with Gasteiger partial charge in [0.25, 0.3) is 0 Å². The van der Waals surface area contributed by atoms with E-state index in [1.54, 1.807) is 16.9 Å². The molecule has 0 atom stereocenters. The highest BCUT2D eigenvalue weighted by molar-refractivity contribution is 5.85. The summed E-state index contributed by atoms with van der Waals surface area (Å²) in [6.07, 6.45) is 5.77. The lowest BCUT2D eigenvalue weighted by Crippen LogP contribution is -2.49. The number of anilines is 1. The molecule has 3 aromatic heterocycles. The maximum Gasteiger partial charge on any atom is 0.222 e. The highest BCUT2D eigenvalue weighted by atomic mass is 16.5. The van der Waals surface area contributed by atoms with Gasteiger partial charge in [-0.05, 0) is 31.0 Å². The molecule has 1 aliphatic rings. The van der Waals surface area contributed by atoms with Crippen LogP contribution >= 0.6 is 0 Å². The average molecular weight is 433 g/mol. The second-order valence-electron chi connectivity index (χ2n) is 8.36. The molecule has 1 fully saturated rings. The Balaban J connectivity index is 1.55. The van der Waals surface area contributed by atoms with Crippen LogP contribution in [0.4, 0.5) is 5.82 Å². The normalized spacial score (nSPS) is 14.1. The summed E-state index contributed by atoms with van der Waals surface area (Å²) in [4.78, 5) is 21.2. The van der Waals surface area contributed by atoms with Crippen molar-refractivity contribution in [3.63, 3.8) is 0 Å². The highest BCUT2D eigenvalue weighted by Gasteiger charge is 2.22. The smallest absolute Gasteiger partial charge is 0.222 e. The number of nitriles is 1. The summed E-state index contributed by atoms with van der Waals surface area (Å²) in [5.74, 6) is 2.18. The summed E-state index contributed by atoms with van der Waals surface area (Å²) in [6, 6.07) is 8.15. The van der Waals surface area contributed by atoms with Gasteiger partial charge in [0.1, 0.15) is 17.6 Å². The van der Waals surface area contributed by atoms with Gasteiger partial charge in [-0.2, -0.15) is 10.4 Å². The number of fused-ring (bicyclic) bond motifs is 1. The fraction of sp³-hybridized carbons (Fsp3) is 0.417. The van der Waals surface area contributed by atoms with Crippen LogP contribution in [0.3, 0.4) is 0 Å². The maximum atomic E-state index is 12.3. The van der Waals surface area contributed by atoms with Gasteiger partial charge in [-0.3, -0.25) is 4.79 Å². The first kappa shape index (κ1) is 21.6. The van der Waals surface area contributed by atoms with Gasteiger partial charge in [0, 0.05) is 49.9 Å². The lowest BCUT2D eigenvalue weighted by Gasteiger charge is -2.35. The minimum atomic E-state index is 0.232. The van der Waals surface area contributed by atoms with E-state index < -0.39 is 0 Å². The molecule has 0 radical (unpaired) electrons. The quantitative estimate of drug-likeness (QED) is 0.594. The molecule has 0 aliphatic carbocycles. The van der Waals surface area contributed by atoms with Gasteiger partial charge in [-0.25, -0.2) is 9.50 Å². The lowest BCUT2D eigenvalue weighted by molar-refractivity contribution is -0.132. The van der Waals surface area contributed by atoms with Crippen molar-refractivity contribution in [1.82, 2.24) is 19.5 Å². The Morgan fingerprint density at radius 2 is 2.00 bits per heavy atom. The largest absolute Gasteiger partial charge is 0.492 e. The lowest BCUT2D eigenvalue weighted by atomic mass is 10.1. The first-order valence-electron chi connectivity index (χ1n) is 11.0. The van der Waals surface area contributed by atoms with Gasteiger partial charge in [0.15, 0.2) is 0 Å². The van der Waals surface area contributed by atoms with E-state index in [9.17, 15) is 10.1 Å². The van der Waals surface area contributed by atoms with Crippen LogP contribution in [0.15, 0.2) is 36.8 Å². The number of aromatic nitrogens is 3. The third kappa shape index (κ3) is 4.37. The van der Waals surface area contributed by atoms with Crippen molar-refractivity contribution >= 4 is 17.2 Å². The molecule has 3 aromatic rings. The predicted octanol–water partition coefficient (Wildman–Crippen LogP) is 3.36. The standard InChI is InChI=1S/C24H28N6O2/c1-4-32-20-12-21(24-19(13-25)15-27-30(24)16-20)18-5-6-22(26-14-18)28-7-9-29(10-8-28)23(31)11-17(2)3/h5-6,12,14-17H,4,7-11H2,1-3H3. The van der Waals surface area contributed by atoms with Crippen molar-refractivity contribution in [3.8, 4) is 22.9 Å². The fourth-order valence-corrected chi connectivity index (χ4v) is 4.04. The molecule has 0 saturated carbocycles. The number of nitrogens with zero attached hydrogens (tertiary/aromatic N) is 6. The molecule has 0 spiro atoms. The van der Waals surface area contributed by atoms with E-state index in [0.29, 0.717) is 43.3 Å². The Bertz CT molecular complexity index is 1140. The van der Waals surface area contributed by atoms with Crippen molar-refractivity contribution in [1.29, 1.82) is 5.26 Å². The van der Waals surface area contributed by atoms with Gasteiger partial charge in [-0.15, -0.1) is 0 Å². The molecule has 1 aliphatic heterocycles. The van der Waals surface area contributed by atoms with Crippen LogP contribution in [-0.4, -0.2) is 58.2 Å². The van der Waals surface area contributed by atoms with E-state index in [4.69, 9.17) is 4.74 Å². The van der Waals surface area contributed by atoms with Gasteiger partial charge in [0.05, 0.1) is 30.1 Å². The summed E-state index contributed by atoms with van der Waals surface area (Å²) in [6.45, 7) is 9.58. The Labute approximate surface area is 188 Å². The van der Waals surface area contributed by atoms with E-state index in [0.717, 1.165) is 35.6 Å². The highest BCUT2D eigenvalue weighted by Crippen LogP contribution is 2.31. The van der Waals surface area contributed by atoms with E-state index in [2.05, 4.69) is 34.9 Å². The first-order chi connectivity index (χ1) is 15.5. The molecule has 8 nitrogen and oxygen atoms in total. The number of carbonyl (C=O) groups is 1. The number of rotatable bonds is 6. The monoisotopic (exact) mass is 432 g/mol. The van der Waals surface area contributed by atoms with Crippen molar-refractivity contribution in [2.24, 2.45) is 5.92 Å². The van der Waals surface area contributed by atoms with Gasteiger partial charge < -0.3 is 14.5 Å². The molecule has 4 rings (SSSR count). The number of hydrogen-bond donors (Lipinski definition) is 0. The molecule has 166 valence electrons. The number of piperazine rings is 1. The Kier molecular flexibility index (Phi) is 6.26. The predicted molar refractivity (Wildman–Crippen MR) is 123 cm³/mol. The molecule has 0 N–H and O–H groups in total. The van der Waals surface area contributed by atoms with Gasteiger partial charge in [0.2, 0.25) is 5.91 Å². The Morgan fingerprint density at radius 3 is 2.62 bits per heavy atom. The van der Waals surface area contributed by atoms with Crippen LogP contribution in [0, 0.1) is 17.2 Å². The van der Waals surface area contributed by atoms with Crippen LogP contribution in [0.5, 0.6) is 5.75 Å². The Morgan fingerprint density at radius 1 is 1.22 bits per heavy atom. The zero-order chi connectivity index (χ0) is 22.7. The number of carbonyl (C=O) groups excluding carboxylic acids is 1. The van der Waals surface area contributed by atoms with E-state index in [1.165, 1.54) is 0 Å². The van der Waals surface area contributed by atoms with Crippen LogP contribution in [0.1, 0.15) is 32.8 Å². The van der Waals surface area contributed by atoms with E-state index in [-0.39, 0.29) is 5.91 Å². The van der Waals surface area contributed by atoms with Crippen molar-refractivity contribution in [2.45, 2.75) is 27.2 Å². The number of amides is 1. The molecule has 0 bridgehead atoms. The molecule has 8 heteroatoms. The van der Waals surface area contributed by atoms with E-state index in [1.807, 2.05) is 36.2 Å². The molecule has 0 aromatic carbocycles. The fourth-order valence-electron chi connectivity index (χ4n) is 4.04. The van der Waals surface area contributed by atoms with Crippen molar-refractivity contribution in [2.75, 3.05) is 37.7 Å². The molecular weight excluding hydrogens is 404 g/mol. The zero-order valence-corrected chi connectivity index (χ0v) is 18.8. The molecule has 4 heterocycles. The molecule has 32 heavy (non-hydrogen) atoms. The number of hydrogen-bond acceptors (Lipinski definition) is 6. The molecule has 1 saturated heterocycles. The van der Waals surface area contributed by atoms with Crippen LogP contribution in [0.2, 0.25) is 0 Å². The van der Waals surface area contributed by atoms with Crippen molar-refractivity contribution in [3.05, 3.63) is 42.4 Å². The average Bonchev–Trinajstić information content (AvgIpc) is 3.22. The summed E-state index contributed by atoms with van der Waals surface area (Å²) in [5.41, 5.74) is 2.99. The molecule has 0 unspecified atom stereocenters. The summed E-state index contributed by atoms with van der Waals surface area (Å²) >= 11 is 0. The third-order valence-corrected chi connectivity index (χ3v) is 5.62. The van der Waals surface area contributed by atoms with Crippen LogP contribution < -0.4 is 9.64 Å². The van der Waals surface area contributed by atoms with Gasteiger partial charge in [-0.1, -0.05) is 13.8 Å². The number of ether oxygens (including phenoxy) is 1. The minimum Gasteiger partial charge on any atom is -0.492 e. The number of pyridine rings is 2. The molecule has 1 amide bonds. The second-order valence-corrected chi connectivity index (χ2v) is 8.36. The Hall–Kier alpha value is -3.60. The van der Waals surface area contributed by atoms with Crippen LogP contribution in [0.25, 0.3) is 16.6 Å².